The minimum atomic E-state index is -0.335. The van der Waals surface area contributed by atoms with E-state index in [-0.39, 0.29) is 23.3 Å². The van der Waals surface area contributed by atoms with Crippen molar-refractivity contribution in [3.63, 3.8) is 0 Å². The van der Waals surface area contributed by atoms with Gasteiger partial charge in [-0.3, -0.25) is 19.6 Å². The number of hydrazine groups is 1. The maximum absolute atomic E-state index is 13.3. The molecular formula is C25H22N6O3S. The second-order valence-electron chi connectivity index (χ2n) is 7.75. The molecule has 10 heteroatoms. The molecule has 176 valence electrons. The Morgan fingerprint density at radius 3 is 2.60 bits per heavy atom. The zero-order chi connectivity index (χ0) is 24.2. The summed E-state index contributed by atoms with van der Waals surface area (Å²) in [5.41, 5.74) is 2.31. The summed E-state index contributed by atoms with van der Waals surface area (Å²) in [7, 11) is 1.56. The second kappa shape index (κ2) is 10.1. The fraction of sp³-hybridized carbons (Fsp3) is 0.200. The predicted molar refractivity (Wildman–Crippen MR) is 132 cm³/mol. The molecule has 5 rings (SSSR count). The first kappa shape index (κ1) is 22.7. The van der Waals surface area contributed by atoms with Crippen molar-refractivity contribution >= 4 is 34.5 Å². The van der Waals surface area contributed by atoms with Crippen LogP contribution in [-0.2, 0) is 4.79 Å². The van der Waals surface area contributed by atoms with Crippen molar-refractivity contribution < 1.29 is 14.3 Å². The lowest BCUT2D eigenvalue weighted by atomic mass is 10.1. The van der Waals surface area contributed by atoms with Crippen LogP contribution in [-0.4, -0.2) is 67.7 Å². The highest BCUT2D eigenvalue weighted by Crippen LogP contribution is 2.27. The fourth-order valence-electron chi connectivity index (χ4n) is 3.90. The third kappa shape index (κ3) is 4.78. The third-order valence-corrected chi connectivity index (χ3v) is 6.40. The number of aromatic nitrogens is 4. The van der Waals surface area contributed by atoms with E-state index in [1.54, 1.807) is 31.6 Å². The van der Waals surface area contributed by atoms with Crippen LogP contribution in [0.25, 0.3) is 22.3 Å². The van der Waals surface area contributed by atoms with Gasteiger partial charge in [0.05, 0.1) is 29.8 Å². The maximum Gasteiger partial charge on any atom is 0.291 e. The molecule has 0 spiro atoms. The molecule has 1 aliphatic heterocycles. The van der Waals surface area contributed by atoms with Gasteiger partial charge in [-0.25, -0.2) is 20.0 Å². The number of ether oxygens (including phenoxy) is 1. The van der Waals surface area contributed by atoms with Crippen molar-refractivity contribution in [1.29, 1.82) is 0 Å². The number of methoxy groups -OCH3 is 1. The standard InChI is InChI=1S/C25H22N6O3S/c1-34-22-15-21(28-18-8-3-2-7-17(18)22)24(33)31-14-6-13-30(31)23(32)16-35-25-27-12-10-20(29-25)19-9-4-5-11-26-19/h2-5,7-12,15H,6,13-14,16H2,1H3. The Morgan fingerprint density at radius 1 is 0.943 bits per heavy atom. The lowest BCUT2D eigenvalue weighted by Gasteiger charge is -2.27. The molecule has 9 nitrogen and oxygen atoms in total. The van der Waals surface area contributed by atoms with Crippen LogP contribution in [0.4, 0.5) is 0 Å². The van der Waals surface area contributed by atoms with E-state index >= 15 is 0 Å². The van der Waals surface area contributed by atoms with Crippen LogP contribution >= 0.6 is 11.8 Å². The van der Waals surface area contributed by atoms with Crippen molar-refractivity contribution in [1.82, 2.24) is 30.0 Å². The van der Waals surface area contributed by atoms with Crippen molar-refractivity contribution in [2.75, 3.05) is 26.0 Å². The summed E-state index contributed by atoms with van der Waals surface area (Å²) in [5, 5.41) is 4.25. The van der Waals surface area contributed by atoms with Crippen LogP contribution in [0.3, 0.4) is 0 Å². The molecule has 2 amide bonds. The highest BCUT2D eigenvalue weighted by atomic mass is 32.2. The van der Waals surface area contributed by atoms with Crippen molar-refractivity contribution in [3.05, 3.63) is 72.7 Å². The molecule has 0 saturated carbocycles. The van der Waals surface area contributed by atoms with Gasteiger partial charge < -0.3 is 4.74 Å². The first-order valence-electron chi connectivity index (χ1n) is 11.1. The summed E-state index contributed by atoms with van der Waals surface area (Å²) in [5.74, 6) is 0.138. The van der Waals surface area contributed by atoms with Crippen molar-refractivity contribution in [3.8, 4) is 17.1 Å². The van der Waals surface area contributed by atoms with E-state index in [9.17, 15) is 9.59 Å². The summed E-state index contributed by atoms with van der Waals surface area (Å²) in [6.45, 7) is 0.905. The highest BCUT2D eigenvalue weighted by molar-refractivity contribution is 7.99. The van der Waals surface area contributed by atoms with Gasteiger partial charge in [0, 0.05) is 36.9 Å². The zero-order valence-corrected chi connectivity index (χ0v) is 19.8. The summed E-state index contributed by atoms with van der Waals surface area (Å²) >= 11 is 1.23. The van der Waals surface area contributed by atoms with Gasteiger partial charge in [0.15, 0.2) is 5.16 Å². The van der Waals surface area contributed by atoms with Crippen LogP contribution in [0.5, 0.6) is 5.75 Å². The molecule has 0 bridgehead atoms. The van der Waals surface area contributed by atoms with E-state index in [1.807, 2.05) is 42.5 Å². The van der Waals surface area contributed by atoms with Gasteiger partial charge in [0.1, 0.15) is 11.4 Å². The topological polar surface area (TPSA) is 101 Å². The number of hydrogen-bond donors (Lipinski definition) is 0. The first-order valence-corrected chi connectivity index (χ1v) is 12.1. The van der Waals surface area contributed by atoms with Crippen LogP contribution in [0.2, 0.25) is 0 Å². The molecule has 4 aromatic rings. The van der Waals surface area contributed by atoms with E-state index in [1.165, 1.54) is 21.8 Å². The number of rotatable bonds is 6. The minimum absolute atomic E-state index is 0.101. The first-order chi connectivity index (χ1) is 17.1. The average molecular weight is 487 g/mol. The number of fused-ring (bicyclic) bond motifs is 1. The highest BCUT2D eigenvalue weighted by Gasteiger charge is 2.32. The number of thioether (sulfide) groups is 1. The Bertz CT molecular complexity index is 1380. The SMILES string of the molecule is COc1cc(C(=O)N2CCCN2C(=O)CSc2nccc(-c3ccccn3)n2)nc2ccccc12. The number of carbonyl (C=O) groups is 2. The Hall–Kier alpha value is -4.05. The van der Waals surface area contributed by atoms with E-state index in [4.69, 9.17) is 4.74 Å². The molecule has 1 aromatic carbocycles. The molecule has 1 saturated heterocycles. The summed E-state index contributed by atoms with van der Waals surface area (Å²) in [6.07, 6.45) is 4.04. The monoisotopic (exact) mass is 486 g/mol. The Balaban J connectivity index is 1.30. The number of carbonyl (C=O) groups excluding carboxylic acids is 2. The number of nitrogens with zero attached hydrogens (tertiary/aromatic N) is 6. The van der Waals surface area contributed by atoms with Crippen LogP contribution < -0.4 is 4.74 Å². The number of benzene rings is 1. The number of amides is 2. The molecule has 0 radical (unpaired) electrons. The molecule has 1 fully saturated rings. The number of hydrogen-bond acceptors (Lipinski definition) is 8. The number of pyridine rings is 2. The van der Waals surface area contributed by atoms with Gasteiger partial charge in [0.25, 0.3) is 11.8 Å². The smallest absolute Gasteiger partial charge is 0.291 e. The lowest BCUT2D eigenvalue weighted by molar-refractivity contribution is -0.137. The largest absolute Gasteiger partial charge is 0.496 e. The molecule has 35 heavy (non-hydrogen) atoms. The van der Waals surface area contributed by atoms with Crippen molar-refractivity contribution in [2.24, 2.45) is 0 Å². The van der Waals surface area contributed by atoms with Crippen LogP contribution in [0.15, 0.2) is 72.1 Å². The molecule has 1 aliphatic rings. The molecule has 0 unspecified atom stereocenters. The Labute approximate surface area is 206 Å². The quantitative estimate of drug-likeness (QED) is 0.302. The van der Waals surface area contributed by atoms with Crippen LogP contribution in [0, 0.1) is 0 Å². The predicted octanol–water partition coefficient (Wildman–Crippen LogP) is 3.48. The van der Waals surface area contributed by atoms with Gasteiger partial charge in [-0.15, -0.1) is 0 Å². The van der Waals surface area contributed by atoms with Gasteiger partial charge in [-0.2, -0.15) is 0 Å². The van der Waals surface area contributed by atoms with Gasteiger partial charge in [0.2, 0.25) is 0 Å². The van der Waals surface area contributed by atoms with E-state index in [0.29, 0.717) is 41.6 Å². The summed E-state index contributed by atoms with van der Waals surface area (Å²) in [6, 6.07) is 16.5. The Morgan fingerprint density at radius 2 is 1.77 bits per heavy atom. The minimum Gasteiger partial charge on any atom is -0.496 e. The van der Waals surface area contributed by atoms with E-state index < -0.39 is 0 Å². The average Bonchev–Trinajstić information content (AvgIpc) is 3.41. The van der Waals surface area contributed by atoms with Gasteiger partial charge in [-0.05, 0) is 36.8 Å². The maximum atomic E-state index is 13.3. The molecule has 0 atom stereocenters. The normalized spacial score (nSPS) is 13.3. The third-order valence-electron chi connectivity index (χ3n) is 5.56. The Kier molecular flexibility index (Phi) is 6.53. The fourth-order valence-corrected chi connectivity index (χ4v) is 4.60. The molecule has 0 N–H and O–H groups in total. The molecule has 0 aliphatic carbocycles. The van der Waals surface area contributed by atoms with E-state index in [2.05, 4.69) is 19.9 Å². The number of para-hydroxylation sites is 1. The van der Waals surface area contributed by atoms with Crippen LogP contribution in [0.1, 0.15) is 16.9 Å². The van der Waals surface area contributed by atoms with Crippen molar-refractivity contribution in [2.45, 2.75) is 11.6 Å². The summed E-state index contributed by atoms with van der Waals surface area (Å²) < 4.78 is 5.47. The second-order valence-corrected chi connectivity index (χ2v) is 8.70. The molecule has 4 heterocycles. The zero-order valence-electron chi connectivity index (χ0n) is 19.0. The van der Waals surface area contributed by atoms with Gasteiger partial charge >= 0.3 is 0 Å². The summed E-state index contributed by atoms with van der Waals surface area (Å²) in [4.78, 5) is 44.0. The van der Waals surface area contributed by atoms with Gasteiger partial charge in [-0.1, -0.05) is 30.0 Å². The molecular weight excluding hydrogens is 464 g/mol. The lowest BCUT2D eigenvalue weighted by Crippen LogP contribution is -2.45. The molecule has 3 aromatic heterocycles. The van der Waals surface area contributed by atoms with E-state index in [0.717, 1.165) is 11.1 Å².